The number of aryl methyl sites for hydroxylation is 1. The Balaban J connectivity index is 1.45. The molecule has 0 saturated heterocycles. The SMILES string of the molecule is CCCCOC(=O)NS(=O)(=O)c1ccc(CCC)cc1-c1ccc(Cn2c(C3CCCCC3)nc3ccccc32)cc1. The van der Waals surface area contributed by atoms with Gasteiger partial charge in [-0.05, 0) is 66.6 Å². The second-order valence-corrected chi connectivity index (χ2v) is 12.9. The minimum absolute atomic E-state index is 0.0581. The van der Waals surface area contributed by atoms with Crippen molar-refractivity contribution in [3.05, 3.63) is 83.7 Å². The second kappa shape index (κ2) is 13.6. The molecule has 1 aliphatic carbocycles. The van der Waals surface area contributed by atoms with Gasteiger partial charge in [-0.2, -0.15) is 0 Å². The number of hydrogen-bond acceptors (Lipinski definition) is 5. The Morgan fingerprint density at radius 2 is 1.69 bits per heavy atom. The number of ether oxygens (including phenoxy) is 1. The number of rotatable bonds is 11. The maximum Gasteiger partial charge on any atom is 0.421 e. The molecule has 0 spiro atoms. The van der Waals surface area contributed by atoms with Crippen LogP contribution in [0.15, 0.2) is 71.6 Å². The van der Waals surface area contributed by atoms with Crippen LogP contribution in [-0.2, 0) is 27.7 Å². The standard InChI is InChI=1S/C34H41N3O4S/c1-3-5-22-41-34(38)36-42(39,40)32-21-18-25(11-4-2)23-29(32)27-19-16-26(17-20-27)24-37-31-15-10-9-14-30(31)35-33(37)28-12-7-6-8-13-28/h9-10,14-21,23,28H,3-8,11-13,22,24H2,1-2H3,(H,36,38). The third-order valence-corrected chi connectivity index (χ3v) is 9.45. The maximum atomic E-state index is 13.3. The smallest absolute Gasteiger partial charge is 0.421 e. The highest BCUT2D eigenvalue weighted by Gasteiger charge is 2.24. The van der Waals surface area contributed by atoms with Crippen LogP contribution in [-0.4, -0.2) is 30.7 Å². The summed E-state index contributed by atoms with van der Waals surface area (Å²) >= 11 is 0. The quantitative estimate of drug-likeness (QED) is 0.180. The zero-order chi connectivity index (χ0) is 29.5. The van der Waals surface area contributed by atoms with E-state index in [1.54, 1.807) is 6.07 Å². The second-order valence-electron chi connectivity index (χ2n) is 11.3. The van der Waals surface area contributed by atoms with E-state index in [9.17, 15) is 13.2 Å². The normalized spacial score (nSPS) is 14.2. The molecule has 1 aromatic heterocycles. The fraction of sp³-hybridized carbons (Fsp3) is 0.412. The number of imidazole rings is 1. The van der Waals surface area contributed by atoms with Crippen molar-refractivity contribution in [2.45, 2.75) is 89.0 Å². The van der Waals surface area contributed by atoms with Crippen molar-refractivity contribution in [1.82, 2.24) is 14.3 Å². The van der Waals surface area contributed by atoms with Gasteiger partial charge in [0.15, 0.2) is 0 Å². The fourth-order valence-electron chi connectivity index (χ4n) is 5.89. The van der Waals surface area contributed by atoms with Crippen LogP contribution in [0.2, 0.25) is 0 Å². The predicted octanol–water partition coefficient (Wildman–Crippen LogP) is 7.97. The van der Waals surface area contributed by atoms with E-state index in [4.69, 9.17) is 9.72 Å². The molecule has 7 nitrogen and oxygen atoms in total. The molecule has 222 valence electrons. The van der Waals surface area contributed by atoms with Crippen molar-refractivity contribution in [3.63, 3.8) is 0 Å². The monoisotopic (exact) mass is 587 g/mol. The van der Waals surface area contributed by atoms with Gasteiger partial charge >= 0.3 is 6.09 Å². The van der Waals surface area contributed by atoms with Gasteiger partial charge in [0.25, 0.3) is 10.0 Å². The first-order chi connectivity index (χ1) is 20.4. The minimum atomic E-state index is -4.14. The number of amides is 1. The largest absolute Gasteiger partial charge is 0.449 e. The number of para-hydroxylation sites is 2. The topological polar surface area (TPSA) is 90.3 Å². The molecule has 0 unspecified atom stereocenters. The van der Waals surface area contributed by atoms with Crippen molar-refractivity contribution in [3.8, 4) is 11.1 Å². The van der Waals surface area contributed by atoms with E-state index < -0.39 is 16.1 Å². The fourth-order valence-corrected chi connectivity index (χ4v) is 6.99. The molecular formula is C34H41N3O4S. The molecule has 3 aromatic carbocycles. The molecule has 5 rings (SSSR count). The summed E-state index contributed by atoms with van der Waals surface area (Å²) in [7, 11) is -4.14. The van der Waals surface area contributed by atoms with Crippen LogP contribution in [0.3, 0.4) is 0 Å². The zero-order valence-corrected chi connectivity index (χ0v) is 25.5. The van der Waals surface area contributed by atoms with Crippen molar-refractivity contribution in [1.29, 1.82) is 0 Å². The summed E-state index contributed by atoms with van der Waals surface area (Å²) in [6, 6.07) is 21.7. The highest BCUT2D eigenvalue weighted by atomic mass is 32.2. The zero-order valence-electron chi connectivity index (χ0n) is 24.6. The minimum Gasteiger partial charge on any atom is -0.449 e. The molecule has 42 heavy (non-hydrogen) atoms. The van der Waals surface area contributed by atoms with Gasteiger partial charge in [-0.1, -0.05) is 88.4 Å². The van der Waals surface area contributed by atoms with E-state index in [0.29, 0.717) is 24.4 Å². The summed E-state index contributed by atoms with van der Waals surface area (Å²) in [6.45, 7) is 4.93. The number of fused-ring (bicyclic) bond motifs is 1. The Morgan fingerprint density at radius 1 is 0.952 bits per heavy atom. The van der Waals surface area contributed by atoms with Gasteiger partial charge in [0.1, 0.15) is 5.82 Å². The number of sulfonamides is 1. The Morgan fingerprint density at radius 3 is 2.43 bits per heavy atom. The van der Waals surface area contributed by atoms with Gasteiger partial charge in [-0.15, -0.1) is 0 Å². The third kappa shape index (κ3) is 6.86. The molecule has 1 heterocycles. The van der Waals surface area contributed by atoms with E-state index in [-0.39, 0.29) is 11.5 Å². The van der Waals surface area contributed by atoms with Gasteiger partial charge < -0.3 is 9.30 Å². The maximum absolute atomic E-state index is 13.3. The van der Waals surface area contributed by atoms with E-state index in [2.05, 4.69) is 46.5 Å². The lowest BCUT2D eigenvalue weighted by Gasteiger charge is -2.22. The molecule has 1 aliphatic rings. The average Bonchev–Trinajstić information content (AvgIpc) is 3.36. The van der Waals surface area contributed by atoms with Gasteiger partial charge in [-0.3, -0.25) is 0 Å². The van der Waals surface area contributed by atoms with Crippen LogP contribution < -0.4 is 4.72 Å². The van der Waals surface area contributed by atoms with Crippen molar-refractivity contribution in [2.24, 2.45) is 0 Å². The molecule has 0 aliphatic heterocycles. The van der Waals surface area contributed by atoms with E-state index in [1.165, 1.54) is 32.1 Å². The number of unbranched alkanes of at least 4 members (excludes halogenated alkanes) is 1. The molecule has 8 heteroatoms. The lowest BCUT2D eigenvalue weighted by Crippen LogP contribution is -2.31. The highest BCUT2D eigenvalue weighted by molar-refractivity contribution is 7.90. The Hall–Kier alpha value is -3.65. The summed E-state index contributed by atoms with van der Waals surface area (Å²) in [5.74, 6) is 1.64. The molecule has 1 N–H and O–H groups in total. The van der Waals surface area contributed by atoms with Crippen LogP contribution in [0.4, 0.5) is 4.79 Å². The molecule has 1 fully saturated rings. The van der Waals surface area contributed by atoms with Crippen molar-refractivity contribution in [2.75, 3.05) is 6.61 Å². The molecule has 1 saturated carbocycles. The number of aromatic nitrogens is 2. The first kappa shape index (κ1) is 29.8. The average molecular weight is 588 g/mol. The number of hydrogen-bond donors (Lipinski definition) is 1. The first-order valence-corrected chi connectivity index (χ1v) is 16.7. The van der Waals surface area contributed by atoms with Crippen LogP contribution in [0.5, 0.6) is 0 Å². The van der Waals surface area contributed by atoms with Crippen LogP contribution in [0.25, 0.3) is 22.2 Å². The van der Waals surface area contributed by atoms with Crippen molar-refractivity contribution >= 4 is 27.1 Å². The Labute approximate surface area is 249 Å². The summed E-state index contributed by atoms with van der Waals surface area (Å²) in [5, 5.41) is 0. The number of benzene rings is 3. The van der Waals surface area contributed by atoms with Crippen molar-refractivity contribution < 1.29 is 17.9 Å². The molecular weight excluding hydrogens is 546 g/mol. The summed E-state index contributed by atoms with van der Waals surface area (Å²) in [6.07, 6.45) is 8.47. The number of nitrogens with one attached hydrogen (secondary N) is 1. The molecule has 4 aromatic rings. The summed E-state index contributed by atoms with van der Waals surface area (Å²) < 4.78 is 36.1. The molecule has 1 amide bonds. The van der Waals surface area contributed by atoms with Gasteiger partial charge in [0, 0.05) is 18.0 Å². The summed E-state index contributed by atoms with van der Waals surface area (Å²) in [5.41, 5.74) is 5.67. The lowest BCUT2D eigenvalue weighted by atomic mass is 9.88. The van der Waals surface area contributed by atoms with E-state index in [0.717, 1.165) is 52.8 Å². The number of carbonyl (C=O) groups is 1. The third-order valence-electron chi connectivity index (χ3n) is 8.08. The van der Waals surface area contributed by atoms with E-state index in [1.807, 2.05) is 37.3 Å². The number of nitrogens with zero attached hydrogens (tertiary/aromatic N) is 2. The van der Waals surface area contributed by atoms with Crippen LogP contribution in [0, 0.1) is 0 Å². The summed E-state index contributed by atoms with van der Waals surface area (Å²) in [4.78, 5) is 17.4. The van der Waals surface area contributed by atoms with Crippen LogP contribution >= 0.6 is 0 Å². The van der Waals surface area contributed by atoms with Gasteiger partial charge in [0.05, 0.1) is 22.5 Å². The Bertz CT molecular complexity index is 1620. The predicted molar refractivity (Wildman–Crippen MR) is 167 cm³/mol. The Kier molecular flexibility index (Phi) is 9.62. The lowest BCUT2D eigenvalue weighted by molar-refractivity contribution is 0.151. The molecule has 0 atom stereocenters. The highest BCUT2D eigenvalue weighted by Crippen LogP contribution is 2.35. The van der Waals surface area contributed by atoms with Gasteiger partial charge in [0.2, 0.25) is 0 Å². The molecule has 0 radical (unpaired) electrons. The molecule has 0 bridgehead atoms. The van der Waals surface area contributed by atoms with Crippen LogP contribution in [0.1, 0.15) is 88.1 Å². The van der Waals surface area contributed by atoms with E-state index >= 15 is 0 Å². The first-order valence-electron chi connectivity index (χ1n) is 15.3. The number of carbonyl (C=O) groups excluding carboxylic acids is 1. The van der Waals surface area contributed by atoms with Gasteiger partial charge in [-0.25, -0.2) is 22.9 Å².